The van der Waals surface area contributed by atoms with Crippen LogP contribution in [-0.4, -0.2) is 17.0 Å². The Hall–Kier alpha value is -1.69. The Labute approximate surface area is 89.9 Å². The highest BCUT2D eigenvalue weighted by molar-refractivity contribution is 7.09. The summed E-state index contributed by atoms with van der Waals surface area (Å²) in [4.78, 5) is 15.4. The molecule has 1 aromatic heterocycles. The van der Waals surface area contributed by atoms with Crippen molar-refractivity contribution in [1.29, 1.82) is 0 Å². The maximum atomic E-state index is 10.9. The van der Waals surface area contributed by atoms with Crippen molar-refractivity contribution in [3.05, 3.63) is 44.1 Å². The zero-order valence-electron chi connectivity index (χ0n) is 7.97. The molecule has 0 unspecified atom stereocenters. The van der Waals surface area contributed by atoms with E-state index in [4.69, 9.17) is 4.74 Å². The Bertz CT molecular complexity index is 462. The molecular weight excluding hydrogens is 216 g/mol. The number of nitrogens with zero attached hydrogens (tertiary/aromatic N) is 2. The summed E-state index contributed by atoms with van der Waals surface area (Å²) in [6.45, 7) is 0. The minimum atomic E-state index is -0.451. The molecule has 0 bridgehead atoms. The van der Waals surface area contributed by atoms with E-state index in [9.17, 15) is 10.1 Å². The van der Waals surface area contributed by atoms with Crippen molar-refractivity contribution in [2.45, 2.75) is 6.42 Å². The standard InChI is InChI=1S/C9H8N2O3S/c1-14-6-3-2-4-7-8(10-5-15-7)9(6)11(12)13/h2-3,5H,4H2,1H3. The van der Waals surface area contributed by atoms with Crippen LogP contribution < -0.4 is 0 Å². The van der Waals surface area contributed by atoms with Crippen molar-refractivity contribution in [2.75, 3.05) is 7.11 Å². The van der Waals surface area contributed by atoms with Crippen LogP contribution in [0.5, 0.6) is 0 Å². The average Bonchev–Trinajstić information content (AvgIpc) is 2.57. The highest BCUT2D eigenvalue weighted by Crippen LogP contribution is 2.28. The Balaban J connectivity index is 2.64. The molecule has 0 N–H and O–H groups in total. The molecule has 0 aromatic carbocycles. The monoisotopic (exact) mass is 224 g/mol. The minimum Gasteiger partial charge on any atom is -0.490 e. The Kier molecular flexibility index (Phi) is 2.51. The molecule has 0 aliphatic heterocycles. The van der Waals surface area contributed by atoms with Gasteiger partial charge in [0, 0.05) is 11.3 Å². The van der Waals surface area contributed by atoms with Gasteiger partial charge in [-0.25, -0.2) is 4.98 Å². The fourth-order valence-electron chi connectivity index (χ4n) is 1.42. The first kappa shape index (κ1) is 9.85. The molecule has 0 atom stereocenters. The molecule has 5 nitrogen and oxygen atoms in total. The Morgan fingerprint density at radius 3 is 3.13 bits per heavy atom. The number of allylic oxidation sites excluding steroid dienone is 2. The lowest BCUT2D eigenvalue weighted by atomic mass is 10.2. The van der Waals surface area contributed by atoms with E-state index in [-0.39, 0.29) is 11.5 Å². The predicted octanol–water partition coefficient (Wildman–Crippen LogP) is 1.85. The number of aromatic nitrogens is 1. The Morgan fingerprint density at radius 1 is 1.67 bits per heavy atom. The average molecular weight is 224 g/mol. The van der Waals surface area contributed by atoms with Gasteiger partial charge in [0.05, 0.1) is 17.5 Å². The van der Waals surface area contributed by atoms with Crippen molar-refractivity contribution >= 4 is 17.0 Å². The number of nitro groups is 1. The summed E-state index contributed by atoms with van der Waals surface area (Å²) in [5.74, 6) is 0.254. The van der Waals surface area contributed by atoms with Crippen molar-refractivity contribution in [3.8, 4) is 0 Å². The summed E-state index contributed by atoms with van der Waals surface area (Å²) < 4.78 is 4.99. The maximum absolute atomic E-state index is 10.9. The number of fused-ring (bicyclic) bond motifs is 1. The highest BCUT2D eigenvalue weighted by Gasteiger charge is 2.27. The van der Waals surface area contributed by atoms with Crippen molar-refractivity contribution < 1.29 is 9.66 Å². The summed E-state index contributed by atoms with van der Waals surface area (Å²) in [7, 11) is 1.42. The molecule has 0 saturated carbocycles. The topological polar surface area (TPSA) is 65.3 Å². The Morgan fingerprint density at radius 2 is 2.47 bits per heavy atom. The van der Waals surface area contributed by atoms with E-state index in [2.05, 4.69) is 4.98 Å². The summed E-state index contributed by atoms with van der Waals surface area (Å²) in [6.07, 6.45) is 4.11. The number of hydrogen-bond donors (Lipinski definition) is 0. The van der Waals surface area contributed by atoms with E-state index in [1.165, 1.54) is 18.4 Å². The van der Waals surface area contributed by atoms with Crippen LogP contribution in [-0.2, 0) is 11.2 Å². The van der Waals surface area contributed by atoms with Crippen molar-refractivity contribution in [1.82, 2.24) is 4.98 Å². The molecule has 6 heteroatoms. The molecule has 1 aliphatic rings. The van der Waals surface area contributed by atoms with Crippen LogP contribution in [0.1, 0.15) is 10.6 Å². The van der Waals surface area contributed by atoms with E-state index in [1.54, 1.807) is 11.6 Å². The van der Waals surface area contributed by atoms with Crippen LogP contribution in [0.2, 0.25) is 0 Å². The third-order valence-electron chi connectivity index (χ3n) is 2.07. The van der Waals surface area contributed by atoms with Gasteiger partial charge in [-0.05, 0) is 6.08 Å². The normalized spacial score (nSPS) is 14.7. The van der Waals surface area contributed by atoms with Crippen LogP contribution in [0, 0.1) is 10.1 Å². The van der Waals surface area contributed by atoms with Crippen LogP contribution in [0.3, 0.4) is 0 Å². The zero-order valence-corrected chi connectivity index (χ0v) is 8.78. The molecule has 1 aromatic rings. The molecule has 15 heavy (non-hydrogen) atoms. The molecule has 0 fully saturated rings. The second kappa shape index (κ2) is 3.82. The van der Waals surface area contributed by atoms with Gasteiger partial charge in [-0.2, -0.15) is 0 Å². The van der Waals surface area contributed by atoms with Crippen molar-refractivity contribution in [3.63, 3.8) is 0 Å². The van der Waals surface area contributed by atoms with E-state index in [0.29, 0.717) is 12.1 Å². The summed E-state index contributed by atoms with van der Waals surface area (Å²) in [5.41, 5.74) is 1.98. The summed E-state index contributed by atoms with van der Waals surface area (Å²) in [6, 6.07) is 0. The van der Waals surface area contributed by atoms with Gasteiger partial charge in [0.1, 0.15) is 0 Å². The first-order chi connectivity index (χ1) is 7.24. The number of hydrogen-bond acceptors (Lipinski definition) is 5. The van der Waals surface area contributed by atoms with Gasteiger partial charge in [-0.1, -0.05) is 6.08 Å². The largest absolute Gasteiger partial charge is 0.490 e. The van der Waals surface area contributed by atoms with Gasteiger partial charge in [-0.3, -0.25) is 10.1 Å². The van der Waals surface area contributed by atoms with Gasteiger partial charge in [0.15, 0.2) is 11.5 Å². The molecule has 1 heterocycles. The quantitative estimate of drug-likeness (QED) is 0.568. The van der Waals surface area contributed by atoms with Gasteiger partial charge in [0.2, 0.25) is 0 Å². The van der Waals surface area contributed by atoms with Crippen LogP contribution in [0.15, 0.2) is 23.4 Å². The fraction of sp³-hybridized carbons (Fsp3) is 0.222. The maximum Gasteiger partial charge on any atom is 0.337 e. The van der Waals surface area contributed by atoms with Crippen LogP contribution >= 0.6 is 11.3 Å². The molecule has 0 radical (unpaired) electrons. The van der Waals surface area contributed by atoms with E-state index in [0.717, 1.165) is 4.88 Å². The highest BCUT2D eigenvalue weighted by atomic mass is 32.1. The molecule has 78 valence electrons. The molecule has 1 aliphatic carbocycles. The van der Waals surface area contributed by atoms with E-state index in [1.807, 2.05) is 6.08 Å². The number of rotatable bonds is 2. The number of methoxy groups -OCH3 is 1. The van der Waals surface area contributed by atoms with Gasteiger partial charge in [-0.15, -0.1) is 11.3 Å². The first-order valence-corrected chi connectivity index (χ1v) is 5.14. The second-order valence-corrected chi connectivity index (χ2v) is 3.84. The minimum absolute atomic E-state index is 0.0532. The lowest BCUT2D eigenvalue weighted by Gasteiger charge is -2.00. The first-order valence-electron chi connectivity index (χ1n) is 4.26. The summed E-state index contributed by atoms with van der Waals surface area (Å²) in [5, 5.41) is 10.9. The lowest BCUT2D eigenvalue weighted by Crippen LogP contribution is -2.03. The van der Waals surface area contributed by atoms with Crippen LogP contribution in [0.4, 0.5) is 0 Å². The van der Waals surface area contributed by atoms with Gasteiger partial charge < -0.3 is 4.74 Å². The van der Waals surface area contributed by atoms with Crippen LogP contribution in [0.25, 0.3) is 5.70 Å². The van der Waals surface area contributed by atoms with Crippen molar-refractivity contribution in [2.24, 2.45) is 0 Å². The molecule has 2 rings (SSSR count). The van der Waals surface area contributed by atoms with E-state index < -0.39 is 4.92 Å². The smallest absolute Gasteiger partial charge is 0.337 e. The summed E-state index contributed by atoms with van der Waals surface area (Å²) >= 11 is 1.42. The van der Waals surface area contributed by atoms with E-state index >= 15 is 0 Å². The fourth-order valence-corrected chi connectivity index (χ4v) is 2.16. The van der Waals surface area contributed by atoms with Gasteiger partial charge in [0.25, 0.3) is 0 Å². The molecule has 0 spiro atoms. The molecular formula is C9H8N2O3S. The second-order valence-electron chi connectivity index (χ2n) is 2.90. The number of ether oxygens (including phenoxy) is 1. The third-order valence-corrected chi connectivity index (χ3v) is 2.93. The molecule has 0 saturated heterocycles. The third kappa shape index (κ3) is 1.63. The SMILES string of the molecule is COC1=C([N+](=O)[O-])c2ncsc2CC=C1. The lowest BCUT2D eigenvalue weighted by molar-refractivity contribution is -0.377. The van der Waals surface area contributed by atoms with Gasteiger partial charge >= 0.3 is 5.70 Å². The molecule has 0 amide bonds. The zero-order chi connectivity index (χ0) is 10.8. The number of thiazole rings is 1. The predicted molar refractivity (Wildman–Crippen MR) is 55.9 cm³/mol.